The fourth-order valence-corrected chi connectivity index (χ4v) is 2.15. The van der Waals surface area contributed by atoms with Gasteiger partial charge in [0.2, 0.25) is 0 Å². The molecule has 9 nitrogen and oxygen atoms in total. The second-order valence-electron chi connectivity index (χ2n) is 5.94. The summed E-state index contributed by atoms with van der Waals surface area (Å²) in [5.74, 6) is -1.69. The molecule has 10 heteroatoms. The fourth-order valence-electron chi connectivity index (χ4n) is 2.15. The van der Waals surface area contributed by atoms with E-state index in [4.69, 9.17) is 9.84 Å². The molecule has 0 saturated carbocycles. The number of rotatable bonds is 12. The third-order valence-electron chi connectivity index (χ3n) is 3.92. The molecule has 0 radical (unpaired) electrons. The largest absolute Gasteiger partial charge is 1.00 e. The zero-order valence-corrected chi connectivity index (χ0v) is 23.2. The molecule has 0 unspecified atom stereocenters. The van der Waals surface area contributed by atoms with Gasteiger partial charge in [-0.3, -0.25) is 25.5 Å². The van der Waals surface area contributed by atoms with Crippen LogP contribution in [0.5, 0.6) is 0 Å². The Hall–Kier alpha value is -0.654. The van der Waals surface area contributed by atoms with Crippen LogP contribution in [0.3, 0.4) is 0 Å². The molecule has 0 aliphatic heterocycles. The van der Waals surface area contributed by atoms with Crippen molar-refractivity contribution in [1.29, 1.82) is 0 Å². The van der Waals surface area contributed by atoms with Gasteiger partial charge in [-0.05, 0) is 39.5 Å². The maximum Gasteiger partial charge on any atom is 1.00 e. The zero-order valence-electron chi connectivity index (χ0n) is 20.1. The summed E-state index contributed by atoms with van der Waals surface area (Å²) >= 11 is 0. The molecule has 0 aliphatic carbocycles. The van der Waals surface area contributed by atoms with Gasteiger partial charge in [0, 0.05) is 5.92 Å². The van der Waals surface area contributed by atoms with Crippen LogP contribution in [-0.2, 0) is 33.4 Å². The molecule has 194 valence electrons. The van der Waals surface area contributed by atoms with Crippen molar-refractivity contribution < 1.29 is 95.4 Å². The van der Waals surface area contributed by atoms with Gasteiger partial charge in [-0.15, -0.1) is 0 Å². The van der Waals surface area contributed by atoms with E-state index in [-0.39, 0.29) is 102 Å². The summed E-state index contributed by atoms with van der Waals surface area (Å²) in [5, 5.41) is 8.37. The van der Waals surface area contributed by atoms with E-state index in [0.29, 0.717) is 13.2 Å². The van der Waals surface area contributed by atoms with Crippen molar-refractivity contribution in [3.05, 3.63) is 0 Å². The van der Waals surface area contributed by atoms with Crippen LogP contribution in [0.1, 0.15) is 94.9 Å². The number of carbonyl (C=O) groups excluding carboxylic acids is 4. The van der Waals surface area contributed by atoms with Crippen LogP contribution in [0.15, 0.2) is 0 Å². The third kappa shape index (κ3) is 33.6. The number of hydrogen-bond acceptors (Lipinski definition) is 8. The topological polar surface area (TPSA) is 154 Å². The summed E-state index contributed by atoms with van der Waals surface area (Å²) in [6.45, 7) is 11.8. The Morgan fingerprint density at radius 3 is 1.36 bits per heavy atom. The smallest absolute Gasteiger partial charge is 0.870 e. The summed E-state index contributed by atoms with van der Waals surface area (Å²) < 4.78 is 9.07. The summed E-state index contributed by atoms with van der Waals surface area (Å²) in [6.07, 6.45) is 4.19. The molecule has 0 amide bonds. The summed E-state index contributed by atoms with van der Waals surface area (Å²) in [7, 11) is 0. The summed E-state index contributed by atoms with van der Waals surface area (Å²) in [5.41, 5.74) is 0. The number of hydrogen-bond donors (Lipinski definition) is 1. The molecule has 0 spiro atoms. The van der Waals surface area contributed by atoms with Gasteiger partial charge in [-0.25, -0.2) is 0 Å². The van der Waals surface area contributed by atoms with E-state index in [1.807, 2.05) is 27.7 Å². The number of esters is 2. The molecule has 0 bridgehead atoms. The Morgan fingerprint density at radius 1 is 0.758 bits per heavy atom. The van der Waals surface area contributed by atoms with E-state index in [1.165, 1.54) is 6.29 Å². The van der Waals surface area contributed by atoms with Gasteiger partial charge < -0.3 is 24.9 Å². The second-order valence-corrected chi connectivity index (χ2v) is 5.94. The maximum absolute atomic E-state index is 11.4. The van der Waals surface area contributed by atoms with Crippen LogP contribution in [0, 0.1) is 11.8 Å². The van der Waals surface area contributed by atoms with Crippen LogP contribution in [0.2, 0.25) is 0 Å². The number of ether oxygens (including phenoxy) is 2. The number of ketones is 1. The van der Waals surface area contributed by atoms with E-state index in [1.54, 1.807) is 13.8 Å². The average molecular weight is 506 g/mol. The van der Waals surface area contributed by atoms with Gasteiger partial charge >= 0.3 is 63.3 Å². The molecule has 0 saturated heterocycles. The standard InChI is InChI=1S/C10H18O3.C6H12O2.C5H7O3.2CH4.K.H2O/c1-4-8(5-2)9(11)7-10(12)13-6-3;1-3-5(4-2)6(7)8;1-2-8-5(7)3-4-6;;;;/h8H,4-7H2,1-3H3;5H,3-4H2,1-2H3,(H,7,8);2-3H2,1H3;2*1H4;;1H2/q;;-1;;;+1;/p-1. The number of carboxylic acid groups (broad SMARTS) is 1. The van der Waals surface area contributed by atoms with E-state index < -0.39 is 17.9 Å². The molecule has 0 aliphatic rings. The third-order valence-corrected chi connectivity index (χ3v) is 3.92. The molecule has 0 heterocycles. The van der Waals surface area contributed by atoms with Gasteiger partial charge in [0.05, 0.1) is 19.1 Å². The van der Waals surface area contributed by atoms with Crippen LogP contribution >= 0.6 is 0 Å². The first-order chi connectivity index (χ1) is 13.7. The maximum atomic E-state index is 11.4. The molecule has 0 atom stereocenters. The van der Waals surface area contributed by atoms with Crippen LogP contribution in [-0.4, -0.2) is 53.8 Å². The van der Waals surface area contributed by atoms with Crippen molar-refractivity contribution in [3.63, 3.8) is 0 Å². The van der Waals surface area contributed by atoms with Crippen molar-refractivity contribution >= 4 is 30.0 Å². The normalized spacial score (nSPS) is 8.36. The van der Waals surface area contributed by atoms with E-state index in [0.717, 1.165) is 25.7 Å². The molecular weight excluding hydrogens is 459 g/mol. The van der Waals surface area contributed by atoms with Gasteiger partial charge in [-0.2, -0.15) is 0 Å². The Bertz CT molecular complexity index is 475. The zero-order chi connectivity index (χ0) is 23.2. The van der Waals surface area contributed by atoms with Crippen molar-refractivity contribution in [2.24, 2.45) is 11.8 Å². The number of carbonyl (C=O) groups is 4. The van der Waals surface area contributed by atoms with Crippen LogP contribution in [0.4, 0.5) is 0 Å². The summed E-state index contributed by atoms with van der Waals surface area (Å²) in [6, 6.07) is 0. The number of carboxylic acids is 1. The van der Waals surface area contributed by atoms with Crippen LogP contribution < -0.4 is 51.4 Å². The monoisotopic (exact) mass is 505 g/mol. The van der Waals surface area contributed by atoms with Crippen molar-refractivity contribution in [2.45, 2.75) is 94.9 Å². The second kappa shape index (κ2) is 35.9. The number of Topliss-reactive ketones (excluding diaryl/α,β-unsaturated/α-hetero) is 1. The number of aliphatic carboxylic acids is 1. The molecule has 2 N–H and O–H groups in total. The molecule has 0 rings (SSSR count). The molecule has 0 aromatic heterocycles. The SMILES string of the molecule is C.C.CCC(CC)C(=O)O.CCOC(=O)CC(=O)C(CC)CC.CCOC(=O)C[C-]=O.[K+].[OH-]. The van der Waals surface area contributed by atoms with Crippen LogP contribution in [0.25, 0.3) is 0 Å². The Labute approximate surface area is 243 Å². The minimum Gasteiger partial charge on any atom is -0.870 e. The Kier molecular flexibility index (Phi) is 53.9. The molecule has 0 aromatic rings. The fraction of sp³-hybridized carbons (Fsp3) is 0.783. The van der Waals surface area contributed by atoms with Crippen molar-refractivity contribution in [2.75, 3.05) is 13.2 Å². The summed E-state index contributed by atoms with van der Waals surface area (Å²) in [4.78, 5) is 52.1. The molecule has 33 heavy (non-hydrogen) atoms. The molecule has 0 aromatic carbocycles. The average Bonchev–Trinajstić information content (AvgIpc) is 2.65. The van der Waals surface area contributed by atoms with Gasteiger partial charge in [0.1, 0.15) is 12.2 Å². The van der Waals surface area contributed by atoms with E-state index in [9.17, 15) is 24.0 Å². The molecule has 0 fully saturated rings. The van der Waals surface area contributed by atoms with E-state index >= 15 is 0 Å². The first-order valence-electron chi connectivity index (χ1n) is 10.1. The van der Waals surface area contributed by atoms with Crippen molar-refractivity contribution in [3.8, 4) is 0 Å². The molecular formula is C23H46KO9-. The first kappa shape index (κ1) is 49.5. The predicted molar refractivity (Wildman–Crippen MR) is 124 cm³/mol. The minimum absolute atomic E-state index is 0. The minimum atomic E-state index is -0.671. The quantitative estimate of drug-likeness (QED) is 0.180. The van der Waals surface area contributed by atoms with Gasteiger partial charge in [0.15, 0.2) is 0 Å². The van der Waals surface area contributed by atoms with E-state index in [2.05, 4.69) is 4.74 Å². The Morgan fingerprint density at radius 2 is 1.12 bits per heavy atom. The first-order valence-corrected chi connectivity index (χ1v) is 10.1. The predicted octanol–water partition coefficient (Wildman–Crippen LogP) is 1.60. The van der Waals surface area contributed by atoms with Gasteiger partial charge in [0.25, 0.3) is 5.97 Å². The van der Waals surface area contributed by atoms with Crippen molar-refractivity contribution in [1.82, 2.24) is 0 Å². The Balaban J connectivity index is -0.0000000603. The van der Waals surface area contributed by atoms with Gasteiger partial charge in [-0.1, -0.05) is 49.0 Å².